The average molecular weight is 723 g/mol. The van der Waals surface area contributed by atoms with Gasteiger partial charge in [-0.05, 0) is 90.3 Å². The van der Waals surface area contributed by atoms with Crippen molar-refractivity contribution < 1.29 is 27.5 Å². The van der Waals surface area contributed by atoms with E-state index in [1.165, 1.54) is 24.1 Å². The lowest BCUT2D eigenvalue weighted by Gasteiger charge is -2.34. The van der Waals surface area contributed by atoms with Crippen LogP contribution in [0, 0.1) is 6.92 Å². The molecule has 2 amide bonds. The van der Waals surface area contributed by atoms with Gasteiger partial charge in [0.05, 0.1) is 29.3 Å². The lowest BCUT2D eigenvalue weighted by molar-refractivity contribution is -0.140. The Balaban J connectivity index is 1.82. The number of anilines is 1. The molecular weight excluding hydrogens is 682 g/mol. The van der Waals surface area contributed by atoms with Crippen LogP contribution < -0.4 is 19.1 Å². The molecule has 0 unspecified atom stereocenters. The number of hydrogen-bond donors (Lipinski definition) is 1. The molecule has 0 fully saturated rings. The van der Waals surface area contributed by atoms with E-state index in [1.54, 1.807) is 49.6 Å². The Kier molecular flexibility index (Phi) is 12.1. The van der Waals surface area contributed by atoms with Crippen molar-refractivity contribution in [1.29, 1.82) is 0 Å². The number of ether oxygens (including phenoxy) is 2. The number of rotatable bonds is 14. The molecule has 0 bridgehead atoms. The first-order valence-corrected chi connectivity index (χ1v) is 17.4. The largest absolute Gasteiger partial charge is 0.497 e. The van der Waals surface area contributed by atoms with E-state index in [1.807, 2.05) is 63.2 Å². The first kappa shape index (κ1) is 35.5. The van der Waals surface area contributed by atoms with E-state index in [4.69, 9.17) is 9.47 Å². The van der Waals surface area contributed by atoms with Crippen molar-refractivity contribution in [2.24, 2.45) is 0 Å². The molecule has 4 rings (SSSR count). The number of amides is 2. The normalized spacial score (nSPS) is 11.9. The first-order chi connectivity index (χ1) is 22.4. The lowest BCUT2D eigenvalue weighted by atomic mass is 10.0. The minimum atomic E-state index is -4.27. The maximum absolute atomic E-state index is 14.6. The number of carbonyl (C=O) groups is 2. The van der Waals surface area contributed by atoms with Gasteiger partial charge in [0, 0.05) is 19.0 Å². The summed E-state index contributed by atoms with van der Waals surface area (Å²) in [6.45, 7) is 5.08. The van der Waals surface area contributed by atoms with Gasteiger partial charge < -0.3 is 19.7 Å². The van der Waals surface area contributed by atoms with Gasteiger partial charge in [0.2, 0.25) is 11.8 Å². The number of carbonyl (C=O) groups excluding carboxylic acids is 2. The fraction of sp³-hybridized carbons (Fsp3) is 0.278. The van der Waals surface area contributed by atoms with Crippen LogP contribution in [0.3, 0.4) is 0 Å². The molecule has 0 aliphatic rings. The Morgan fingerprint density at radius 1 is 0.851 bits per heavy atom. The Morgan fingerprint density at radius 3 is 2.15 bits per heavy atom. The molecule has 9 nitrogen and oxygen atoms in total. The third kappa shape index (κ3) is 9.14. The zero-order chi connectivity index (χ0) is 34.1. The molecule has 4 aromatic rings. The van der Waals surface area contributed by atoms with Crippen molar-refractivity contribution in [3.05, 3.63) is 118 Å². The van der Waals surface area contributed by atoms with Crippen molar-refractivity contribution >= 4 is 43.5 Å². The molecule has 0 radical (unpaired) electrons. The van der Waals surface area contributed by atoms with Gasteiger partial charge in [0.15, 0.2) is 0 Å². The number of nitrogens with one attached hydrogen (secondary N) is 1. The third-order valence-electron chi connectivity index (χ3n) is 7.50. The molecule has 1 N–H and O–H groups in total. The molecule has 0 aromatic heterocycles. The monoisotopic (exact) mass is 721 g/mol. The molecule has 0 aliphatic heterocycles. The number of halogens is 1. The highest BCUT2D eigenvalue weighted by Crippen LogP contribution is 2.31. The van der Waals surface area contributed by atoms with Crippen molar-refractivity contribution in [3.8, 4) is 11.5 Å². The Morgan fingerprint density at radius 2 is 1.53 bits per heavy atom. The highest BCUT2D eigenvalue weighted by Gasteiger charge is 2.35. The fourth-order valence-electron chi connectivity index (χ4n) is 5.08. The molecule has 47 heavy (non-hydrogen) atoms. The summed E-state index contributed by atoms with van der Waals surface area (Å²) in [5.41, 5.74) is 2.81. The van der Waals surface area contributed by atoms with E-state index in [0.29, 0.717) is 21.7 Å². The minimum Gasteiger partial charge on any atom is -0.497 e. The van der Waals surface area contributed by atoms with Gasteiger partial charge in [-0.15, -0.1) is 0 Å². The lowest BCUT2D eigenvalue weighted by Crippen LogP contribution is -2.54. The van der Waals surface area contributed by atoms with Crippen LogP contribution in [0.5, 0.6) is 11.5 Å². The summed E-state index contributed by atoms with van der Waals surface area (Å²) in [6.07, 6.45) is 0.220. The SMILES string of the molecule is COc1cccc(CN(C(=O)CN(c2ccc(C)cc2)S(=O)(=O)c2ccc(OC)c(Br)c2)[C@@H](Cc2ccccc2)C(=O)NC(C)C)c1. The van der Waals surface area contributed by atoms with Crippen LogP contribution in [0.2, 0.25) is 0 Å². The Bertz CT molecular complexity index is 1780. The highest BCUT2D eigenvalue weighted by atomic mass is 79.9. The summed E-state index contributed by atoms with van der Waals surface area (Å²) < 4.78 is 40.9. The number of hydrogen-bond acceptors (Lipinski definition) is 6. The number of aryl methyl sites for hydroxylation is 1. The molecule has 11 heteroatoms. The van der Waals surface area contributed by atoms with Crippen LogP contribution in [0.25, 0.3) is 0 Å². The quantitative estimate of drug-likeness (QED) is 0.168. The molecule has 0 saturated carbocycles. The second-order valence-corrected chi connectivity index (χ2v) is 14.1. The minimum absolute atomic E-state index is 0.0312. The third-order valence-corrected chi connectivity index (χ3v) is 9.89. The number of nitrogens with zero attached hydrogens (tertiary/aromatic N) is 2. The topological polar surface area (TPSA) is 105 Å². The van der Waals surface area contributed by atoms with Crippen LogP contribution in [0.4, 0.5) is 5.69 Å². The first-order valence-electron chi connectivity index (χ1n) is 15.1. The number of sulfonamides is 1. The molecule has 0 aliphatic carbocycles. The molecule has 0 heterocycles. The predicted octanol–water partition coefficient (Wildman–Crippen LogP) is 6.13. The number of benzene rings is 4. The summed E-state index contributed by atoms with van der Waals surface area (Å²) in [4.78, 5) is 29.9. The van der Waals surface area contributed by atoms with Crippen LogP contribution in [-0.4, -0.2) is 58.0 Å². The second-order valence-electron chi connectivity index (χ2n) is 11.4. The van der Waals surface area contributed by atoms with Gasteiger partial charge in [0.25, 0.3) is 10.0 Å². The van der Waals surface area contributed by atoms with Crippen LogP contribution in [0.15, 0.2) is 106 Å². The molecule has 1 atom stereocenters. The summed E-state index contributed by atoms with van der Waals surface area (Å²) >= 11 is 3.39. The summed E-state index contributed by atoms with van der Waals surface area (Å²) in [6, 6.07) is 26.9. The van der Waals surface area contributed by atoms with Gasteiger partial charge in [-0.2, -0.15) is 0 Å². The molecule has 0 saturated heterocycles. The van der Waals surface area contributed by atoms with E-state index in [-0.39, 0.29) is 29.8 Å². The molecule has 4 aromatic carbocycles. The van der Waals surface area contributed by atoms with Crippen molar-refractivity contribution in [3.63, 3.8) is 0 Å². The van der Waals surface area contributed by atoms with Gasteiger partial charge in [0.1, 0.15) is 24.1 Å². The van der Waals surface area contributed by atoms with E-state index in [2.05, 4.69) is 21.2 Å². The van der Waals surface area contributed by atoms with Gasteiger partial charge >= 0.3 is 0 Å². The van der Waals surface area contributed by atoms with Crippen LogP contribution in [0.1, 0.15) is 30.5 Å². The zero-order valence-electron chi connectivity index (χ0n) is 27.1. The standard InChI is InChI=1S/C36H40BrN3O6S/c1-25(2)38-36(42)33(21-27-10-7-6-8-11-27)39(23-28-12-9-13-30(20-28)45-4)35(41)24-40(29-16-14-26(3)15-17-29)47(43,44)31-18-19-34(46-5)32(37)22-31/h6-20,22,25,33H,21,23-24H2,1-5H3,(H,38,42)/t33-/m0/s1. The van der Waals surface area contributed by atoms with Crippen molar-refractivity contribution in [2.45, 2.75) is 50.7 Å². The number of methoxy groups -OCH3 is 2. The van der Waals surface area contributed by atoms with E-state index in [0.717, 1.165) is 21.0 Å². The van der Waals surface area contributed by atoms with Crippen LogP contribution >= 0.6 is 15.9 Å². The van der Waals surface area contributed by atoms with Gasteiger partial charge in [-0.25, -0.2) is 8.42 Å². The Hall–Kier alpha value is -4.35. The van der Waals surface area contributed by atoms with Gasteiger partial charge in [-0.1, -0.05) is 60.2 Å². The maximum atomic E-state index is 14.6. The summed E-state index contributed by atoms with van der Waals surface area (Å²) in [5.74, 6) is 0.162. The maximum Gasteiger partial charge on any atom is 0.264 e. The highest BCUT2D eigenvalue weighted by molar-refractivity contribution is 9.10. The van der Waals surface area contributed by atoms with Gasteiger partial charge in [-0.3, -0.25) is 13.9 Å². The average Bonchev–Trinajstić information content (AvgIpc) is 3.05. The second kappa shape index (κ2) is 16.0. The molecule has 0 spiro atoms. The summed E-state index contributed by atoms with van der Waals surface area (Å²) in [5, 5.41) is 2.96. The smallest absolute Gasteiger partial charge is 0.264 e. The predicted molar refractivity (Wildman–Crippen MR) is 187 cm³/mol. The Labute approximate surface area is 285 Å². The fourth-order valence-corrected chi connectivity index (χ4v) is 7.21. The van der Waals surface area contributed by atoms with Crippen LogP contribution in [-0.2, 0) is 32.6 Å². The molecular formula is C36H40BrN3O6S. The zero-order valence-corrected chi connectivity index (χ0v) is 29.5. The van der Waals surface area contributed by atoms with E-state index < -0.39 is 28.5 Å². The van der Waals surface area contributed by atoms with Crippen molar-refractivity contribution in [1.82, 2.24) is 10.2 Å². The molecule has 248 valence electrons. The van der Waals surface area contributed by atoms with E-state index >= 15 is 0 Å². The summed E-state index contributed by atoms with van der Waals surface area (Å²) in [7, 11) is -1.23. The van der Waals surface area contributed by atoms with Crippen molar-refractivity contribution in [2.75, 3.05) is 25.1 Å². The van der Waals surface area contributed by atoms with E-state index in [9.17, 15) is 18.0 Å².